The quantitative estimate of drug-likeness (QED) is 0.312. The molecule has 0 radical (unpaired) electrons. The van der Waals surface area contributed by atoms with Crippen molar-refractivity contribution in [3.8, 4) is 0 Å². The van der Waals surface area contributed by atoms with Gasteiger partial charge in [-0.3, -0.25) is 0 Å². The highest BCUT2D eigenvalue weighted by atomic mass is 33.1. The van der Waals surface area contributed by atoms with E-state index >= 15 is 0 Å². The average molecular weight is 412 g/mol. The second-order valence-electron chi connectivity index (χ2n) is 6.20. The minimum atomic E-state index is -0.828. The van der Waals surface area contributed by atoms with Crippen LogP contribution in [0.3, 0.4) is 0 Å². The minimum absolute atomic E-state index is 0.00312. The highest BCUT2D eigenvalue weighted by Gasteiger charge is 2.52. The molecular formula is C12H16N2O10S2. The van der Waals surface area contributed by atoms with Crippen LogP contribution in [0, 0.1) is 20.2 Å². The molecule has 146 valence electrons. The first-order valence-electron chi connectivity index (χ1n) is 7.94. The molecule has 4 aliphatic rings. The Bertz CT molecular complexity index is 522. The number of rotatable bonds is 7. The Kier molecular flexibility index (Phi) is 5.29. The molecule has 0 aliphatic carbocycles. The summed E-state index contributed by atoms with van der Waals surface area (Å²) in [6.45, 7) is 1.05. The van der Waals surface area contributed by atoms with E-state index in [1.807, 2.05) is 0 Å². The van der Waals surface area contributed by atoms with E-state index in [4.69, 9.17) is 18.9 Å². The van der Waals surface area contributed by atoms with Crippen molar-refractivity contribution in [1.82, 2.24) is 0 Å². The van der Waals surface area contributed by atoms with Gasteiger partial charge in [-0.15, -0.1) is 20.2 Å². The van der Waals surface area contributed by atoms with Gasteiger partial charge >= 0.3 is 0 Å². The van der Waals surface area contributed by atoms with Crippen molar-refractivity contribution in [1.29, 1.82) is 0 Å². The lowest BCUT2D eigenvalue weighted by Crippen LogP contribution is -2.34. The maximum atomic E-state index is 10.5. The van der Waals surface area contributed by atoms with Crippen LogP contribution < -0.4 is 0 Å². The molecule has 0 N–H and O–H groups in total. The van der Waals surface area contributed by atoms with E-state index in [-0.39, 0.29) is 35.9 Å². The standard InChI is InChI=1S/C12H16N2O10S2/c15-13(16)23-5-1-19-11-7(3-21-9(5)11)25-26-8-4-22-10-6(24-14(17)18)2-20-12(8)10/h5-12H,1-4H2/t5?,6?,7?,8?,9-,10-,11-,12-/m1/s1. The second kappa shape index (κ2) is 7.52. The van der Waals surface area contributed by atoms with Gasteiger partial charge in [-0.25, -0.2) is 0 Å². The summed E-state index contributed by atoms with van der Waals surface area (Å²) in [6.07, 6.45) is -2.86. The largest absolute Gasteiger partial charge is 0.372 e. The highest BCUT2D eigenvalue weighted by molar-refractivity contribution is 8.77. The third-order valence-electron chi connectivity index (χ3n) is 4.67. The van der Waals surface area contributed by atoms with Gasteiger partial charge in [0, 0.05) is 0 Å². The van der Waals surface area contributed by atoms with Crippen LogP contribution in [0.2, 0.25) is 0 Å². The molecule has 0 spiro atoms. The normalized spacial score (nSPS) is 43.8. The Morgan fingerprint density at radius 2 is 1.08 bits per heavy atom. The molecule has 0 saturated carbocycles. The number of hydrogen-bond donors (Lipinski definition) is 0. The van der Waals surface area contributed by atoms with Gasteiger partial charge in [0.2, 0.25) is 0 Å². The van der Waals surface area contributed by atoms with Gasteiger partial charge in [0.25, 0.3) is 10.2 Å². The van der Waals surface area contributed by atoms with E-state index in [9.17, 15) is 20.2 Å². The minimum Gasteiger partial charge on any atom is -0.372 e. The number of ether oxygens (including phenoxy) is 4. The Hall–Kier alpha value is -1.06. The molecule has 4 rings (SSSR count). The summed E-state index contributed by atoms with van der Waals surface area (Å²) in [5.41, 5.74) is 0. The Morgan fingerprint density at radius 1 is 0.692 bits per heavy atom. The summed E-state index contributed by atoms with van der Waals surface area (Å²) in [5.74, 6) is 0. The van der Waals surface area contributed by atoms with Crippen LogP contribution >= 0.6 is 21.6 Å². The smallest absolute Gasteiger partial charge is 0.294 e. The molecule has 0 amide bonds. The van der Waals surface area contributed by atoms with Crippen molar-refractivity contribution < 1.29 is 38.8 Å². The third kappa shape index (κ3) is 3.53. The molecular weight excluding hydrogens is 396 g/mol. The first-order chi connectivity index (χ1) is 12.5. The third-order valence-corrected chi connectivity index (χ3v) is 7.90. The van der Waals surface area contributed by atoms with E-state index in [1.165, 1.54) is 0 Å². The Morgan fingerprint density at radius 3 is 1.46 bits per heavy atom. The van der Waals surface area contributed by atoms with Gasteiger partial charge < -0.3 is 28.6 Å². The van der Waals surface area contributed by atoms with Gasteiger partial charge in [0.05, 0.1) is 36.9 Å². The molecule has 4 aliphatic heterocycles. The van der Waals surface area contributed by atoms with E-state index in [0.717, 1.165) is 0 Å². The topological polar surface area (TPSA) is 142 Å². The molecule has 14 heteroatoms. The van der Waals surface area contributed by atoms with Crippen molar-refractivity contribution >= 4 is 21.6 Å². The fourth-order valence-corrected chi connectivity index (χ4v) is 6.65. The van der Waals surface area contributed by atoms with Crippen LogP contribution in [0.1, 0.15) is 0 Å². The zero-order valence-electron chi connectivity index (χ0n) is 13.2. The lowest BCUT2D eigenvalue weighted by molar-refractivity contribution is -0.769. The summed E-state index contributed by atoms with van der Waals surface area (Å²) in [7, 11) is 3.10. The zero-order valence-corrected chi connectivity index (χ0v) is 14.9. The molecule has 12 nitrogen and oxygen atoms in total. The fourth-order valence-electron chi connectivity index (χ4n) is 3.57. The summed E-state index contributed by atoms with van der Waals surface area (Å²) >= 11 is 0. The number of hydrogen-bond acceptors (Lipinski definition) is 12. The van der Waals surface area contributed by atoms with Crippen molar-refractivity contribution in [3.05, 3.63) is 20.2 Å². The van der Waals surface area contributed by atoms with Crippen LogP contribution in [-0.4, -0.2) is 83.7 Å². The van der Waals surface area contributed by atoms with Gasteiger partial charge in [0.1, 0.15) is 24.4 Å². The van der Waals surface area contributed by atoms with E-state index in [0.29, 0.717) is 13.2 Å². The lowest BCUT2D eigenvalue weighted by atomic mass is 10.1. The molecule has 8 atom stereocenters. The van der Waals surface area contributed by atoms with Crippen LogP contribution in [0.15, 0.2) is 0 Å². The monoisotopic (exact) mass is 412 g/mol. The molecule has 0 bridgehead atoms. The van der Waals surface area contributed by atoms with E-state index in [2.05, 4.69) is 9.68 Å². The molecule has 0 aromatic heterocycles. The van der Waals surface area contributed by atoms with E-state index in [1.54, 1.807) is 21.6 Å². The SMILES string of the molecule is O=[N+]([O-])OC1CO[C@@H]2C(SSC3CO[C@@H]4C(O[N+](=O)[O-])CO[C@H]34)CO[C@H]12. The molecule has 0 aromatic carbocycles. The Labute approximate surface area is 154 Å². The summed E-state index contributed by atoms with van der Waals surface area (Å²) in [5, 5.41) is 19.4. The van der Waals surface area contributed by atoms with Crippen LogP contribution in [0.5, 0.6) is 0 Å². The maximum absolute atomic E-state index is 10.5. The van der Waals surface area contributed by atoms with Gasteiger partial charge in [-0.1, -0.05) is 21.6 Å². The van der Waals surface area contributed by atoms with Gasteiger partial charge in [-0.05, 0) is 0 Å². The van der Waals surface area contributed by atoms with Crippen LogP contribution in [-0.2, 0) is 28.6 Å². The molecule has 4 saturated heterocycles. The first kappa shape index (κ1) is 18.3. The highest BCUT2D eigenvalue weighted by Crippen LogP contribution is 2.45. The molecule has 26 heavy (non-hydrogen) atoms. The second-order valence-corrected chi connectivity index (χ2v) is 8.95. The molecule has 4 heterocycles. The fraction of sp³-hybridized carbons (Fsp3) is 1.00. The van der Waals surface area contributed by atoms with Crippen LogP contribution in [0.4, 0.5) is 0 Å². The summed E-state index contributed by atoms with van der Waals surface area (Å²) in [6, 6.07) is 0. The van der Waals surface area contributed by atoms with Crippen molar-refractivity contribution in [3.63, 3.8) is 0 Å². The van der Waals surface area contributed by atoms with Crippen molar-refractivity contribution in [2.45, 2.75) is 47.1 Å². The zero-order chi connectivity index (χ0) is 18.3. The summed E-state index contributed by atoms with van der Waals surface area (Å²) < 4.78 is 22.5. The van der Waals surface area contributed by atoms with Gasteiger partial charge in [-0.2, -0.15) is 0 Å². The number of fused-ring (bicyclic) bond motifs is 2. The number of nitrogens with zero attached hydrogens (tertiary/aromatic N) is 2. The predicted octanol–water partition coefficient (Wildman–Crippen LogP) is -0.146. The predicted molar refractivity (Wildman–Crippen MR) is 85.5 cm³/mol. The van der Waals surface area contributed by atoms with Gasteiger partial charge in [0.15, 0.2) is 12.2 Å². The van der Waals surface area contributed by atoms with Crippen molar-refractivity contribution in [2.75, 3.05) is 26.4 Å². The van der Waals surface area contributed by atoms with E-state index < -0.39 is 34.6 Å². The lowest BCUT2D eigenvalue weighted by Gasteiger charge is -2.19. The van der Waals surface area contributed by atoms with Crippen LogP contribution in [0.25, 0.3) is 0 Å². The molecule has 4 unspecified atom stereocenters. The molecule has 0 aromatic rings. The maximum Gasteiger partial charge on any atom is 0.294 e. The Balaban J connectivity index is 1.27. The summed E-state index contributed by atoms with van der Waals surface area (Å²) in [4.78, 5) is 30.2. The van der Waals surface area contributed by atoms with Crippen molar-refractivity contribution in [2.24, 2.45) is 0 Å². The average Bonchev–Trinajstić information content (AvgIpc) is 3.30. The molecule has 4 fully saturated rings. The first-order valence-corrected chi connectivity index (χ1v) is 10.2.